The number of morpholine rings is 1. The van der Waals surface area contributed by atoms with Crippen molar-refractivity contribution in [2.75, 3.05) is 32.8 Å². The maximum Gasteiger partial charge on any atom is 0.220 e. The van der Waals surface area contributed by atoms with E-state index in [0.717, 1.165) is 32.4 Å². The summed E-state index contributed by atoms with van der Waals surface area (Å²) in [6, 6.07) is 0.628. The third kappa shape index (κ3) is 4.75. The van der Waals surface area contributed by atoms with Crippen LogP contribution in [0.1, 0.15) is 38.5 Å². The molecule has 2 aliphatic heterocycles. The fourth-order valence-corrected chi connectivity index (χ4v) is 2.93. The minimum atomic E-state index is 0.143. The van der Waals surface area contributed by atoms with E-state index < -0.39 is 0 Å². The number of nitrogens with zero attached hydrogens (tertiary/aromatic N) is 1. The number of unbranched alkanes of at least 4 members (excludes halogenated alkanes) is 2. The Morgan fingerprint density at radius 1 is 1.37 bits per heavy atom. The van der Waals surface area contributed by atoms with Gasteiger partial charge in [-0.05, 0) is 38.8 Å². The summed E-state index contributed by atoms with van der Waals surface area (Å²) in [4.78, 5) is 14.2. The quantitative estimate of drug-likeness (QED) is 0.660. The van der Waals surface area contributed by atoms with E-state index in [1.807, 2.05) is 0 Å². The van der Waals surface area contributed by atoms with Crippen LogP contribution in [0.5, 0.6) is 0 Å². The van der Waals surface area contributed by atoms with Crippen LogP contribution in [0, 0.1) is 0 Å². The number of carbonyl (C=O) groups excluding carboxylic acids is 1. The van der Waals surface area contributed by atoms with Crippen LogP contribution in [-0.2, 0) is 9.53 Å². The first kappa shape index (κ1) is 14.8. The zero-order valence-corrected chi connectivity index (χ0v) is 11.8. The number of fused-ring (bicyclic) bond motifs is 1. The van der Waals surface area contributed by atoms with Gasteiger partial charge in [0.05, 0.1) is 12.7 Å². The molecule has 0 aromatic heterocycles. The number of ether oxygens (including phenoxy) is 1. The van der Waals surface area contributed by atoms with Gasteiger partial charge in [0.2, 0.25) is 5.91 Å². The molecule has 0 saturated carbocycles. The number of nitrogens with one attached hydrogen (secondary N) is 1. The Morgan fingerprint density at radius 3 is 3.11 bits per heavy atom. The van der Waals surface area contributed by atoms with Crippen molar-refractivity contribution in [2.24, 2.45) is 5.73 Å². The first-order chi connectivity index (χ1) is 9.29. The molecule has 2 rings (SSSR count). The molecule has 5 heteroatoms. The summed E-state index contributed by atoms with van der Waals surface area (Å²) < 4.78 is 5.81. The minimum absolute atomic E-state index is 0.143. The first-order valence-electron chi connectivity index (χ1n) is 7.62. The lowest BCUT2D eigenvalue weighted by molar-refractivity contribution is -0.122. The fourth-order valence-electron chi connectivity index (χ4n) is 2.93. The smallest absolute Gasteiger partial charge is 0.220 e. The number of amides is 1. The maximum absolute atomic E-state index is 11.7. The normalized spacial score (nSPS) is 27.2. The summed E-state index contributed by atoms with van der Waals surface area (Å²) in [5.41, 5.74) is 5.42. The molecule has 2 saturated heterocycles. The molecule has 1 amide bonds. The van der Waals surface area contributed by atoms with Gasteiger partial charge >= 0.3 is 0 Å². The van der Waals surface area contributed by atoms with Gasteiger partial charge in [-0.25, -0.2) is 0 Å². The van der Waals surface area contributed by atoms with Crippen LogP contribution in [-0.4, -0.2) is 55.7 Å². The van der Waals surface area contributed by atoms with E-state index in [9.17, 15) is 4.79 Å². The number of hydrogen-bond donors (Lipinski definition) is 2. The van der Waals surface area contributed by atoms with E-state index in [4.69, 9.17) is 10.5 Å². The minimum Gasteiger partial charge on any atom is -0.373 e. The molecular formula is C14H27N3O2. The van der Waals surface area contributed by atoms with Gasteiger partial charge in [-0.15, -0.1) is 0 Å². The molecule has 0 spiro atoms. The second kappa shape index (κ2) is 7.82. The van der Waals surface area contributed by atoms with Crippen LogP contribution < -0.4 is 11.1 Å². The zero-order valence-electron chi connectivity index (χ0n) is 11.8. The van der Waals surface area contributed by atoms with Crippen molar-refractivity contribution in [3.8, 4) is 0 Å². The maximum atomic E-state index is 11.7. The topological polar surface area (TPSA) is 67.6 Å². The van der Waals surface area contributed by atoms with E-state index in [1.54, 1.807) is 0 Å². The highest BCUT2D eigenvalue weighted by molar-refractivity contribution is 5.75. The van der Waals surface area contributed by atoms with Gasteiger partial charge in [-0.3, -0.25) is 9.69 Å². The van der Waals surface area contributed by atoms with Crippen molar-refractivity contribution < 1.29 is 9.53 Å². The van der Waals surface area contributed by atoms with Crippen molar-refractivity contribution in [1.82, 2.24) is 10.2 Å². The van der Waals surface area contributed by atoms with Gasteiger partial charge in [-0.2, -0.15) is 0 Å². The van der Waals surface area contributed by atoms with E-state index in [2.05, 4.69) is 10.2 Å². The Hall–Kier alpha value is -0.650. The third-order valence-electron chi connectivity index (χ3n) is 4.10. The Labute approximate surface area is 115 Å². The lowest BCUT2D eigenvalue weighted by Gasteiger charge is -2.35. The molecule has 3 N–H and O–H groups in total. The Balaban J connectivity index is 1.56. The number of nitrogens with two attached hydrogens (primary N) is 1. The molecule has 110 valence electrons. The predicted octanol–water partition coefficient (Wildman–Crippen LogP) is 0.485. The summed E-state index contributed by atoms with van der Waals surface area (Å²) in [6.07, 6.45) is 6.31. The van der Waals surface area contributed by atoms with Crippen LogP contribution in [0.2, 0.25) is 0 Å². The average molecular weight is 269 g/mol. The second-order valence-corrected chi connectivity index (χ2v) is 5.65. The molecule has 0 radical (unpaired) electrons. The fraction of sp³-hybridized carbons (Fsp3) is 0.929. The van der Waals surface area contributed by atoms with E-state index >= 15 is 0 Å². The van der Waals surface area contributed by atoms with E-state index in [-0.39, 0.29) is 12.0 Å². The summed E-state index contributed by atoms with van der Waals surface area (Å²) in [5, 5.41) is 2.99. The number of carbonyl (C=O) groups is 1. The highest BCUT2D eigenvalue weighted by atomic mass is 16.5. The van der Waals surface area contributed by atoms with Gasteiger partial charge in [-0.1, -0.05) is 6.42 Å². The Morgan fingerprint density at radius 2 is 2.26 bits per heavy atom. The monoisotopic (exact) mass is 269 g/mol. The SMILES string of the molecule is NCCCCCC(=O)NCC1CN2CCCC2CO1. The molecular weight excluding hydrogens is 242 g/mol. The van der Waals surface area contributed by atoms with Crippen LogP contribution in [0.4, 0.5) is 0 Å². The summed E-state index contributed by atoms with van der Waals surface area (Å²) in [5.74, 6) is 0.143. The van der Waals surface area contributed by atoms with Gasteiger partial charge in [0, 0.05) is 25.6 Å². The molecule has 0 bridgehead atoms. The van der Waals surface area contributed by atoms with Gasteiger partial charge < -0.3 is 15.8 Å². The third-order valence-corrected chi connectivity index (χ3v) is 4.10. The summed E-state index contributed by atoms with van der Waals surface area (Å²) in [7, 11) is 0. The van der Waals surface area contributed by atoms with Gasteiger partial charge in [0.15, 0.2) is 0 Å². The van der Waals surface area contributed by atoms with Crippen LogP contribution in [0.15, 0.2) is 0 Å². The van der Waals surface area contributed by atoms with E-state index in [0.29, 0.717) is 25.6 Å². The molecule has 5 nitrogen and oxygen atoms in total. The van der Waals surface area contributed by atoms with Crippen molar-refractivity contribution in [1.29, 1.82) is 0 Å². The standard InChI is InChI=1S/C14H27N3O2/c15-7-3-1-2-6-14(18)16-9-13-10-17-8-4-5-12(17)11-19-13/h12-13H,1-11,15H2,(H,16,18). The van der Waals surface area contributed by atoms with Crippen LogP contribution in [0.3, 0.4) is 0 Å². The second-order valence-electron chi connectivity index (χ2n) is 5.65. The molecule has 2 atom stereocenters. The Kier molecular flexibility index (Phi) is 6.07. The average Bonchev–Trinajstić information content (AvgIpc) is 2.89. The zero-order chi connectivity index (χ0) is 13.5. The highest BCUT2D eigenvalue weighted by Gasteiger charge is 2.32. The number of hydrogen-bond acceptors (Lipinski definition) is 4. The molecule has 0 aromatic carbocycles. The number of rotatable bonds is 7. The molecule has 2 fully saturated rings. The van der Waals surface area contributed by atoms with Crippen LogP contribution >= 0.6 is 0 Å². The van der Waals surface area contributed by atoms with E-state index in [1.165, 1.54) is 19.4 Å². The largest absolute Gasteiger partial charge is 0.373 e. The van der Waals surface area contributed by atoms with Crippen molar-refractivity contribution in [3.05, 3.63) is 0 Å². The Bertz CT molecular complexity index is 286. The molecule has 2 aliphatic rings. The molecule has 2 heterocycles. The van der Waals surface area contributed by atoms with Gasteiger partial charge in [0.25, 0.3) is 0 Å². The molecule has 2 unspecified atom stereocenters. The van der Waals surface area contributed by atoms with Crippen molar-refractivity contribution in [2.45, 2.75) is 50.7 Å². The molecule has 0 aromatic rings. The summed E-state index contributed by atoms with van der Waals surface area (Å²) >= 11 is 0. The predicted molar refractivity (Wildman–Crippen MR) is 74.9 cm³/mol. The first-order valence-corrected chi connectivity index (χ1v) is 7.62. The van der Waals surface area contributed by atoms with Crippen molar-refractivity contribution >= 4 is 5.91 Å². The van der Waals surface area contributed by atoms with Crippen LogP contribution in [0.25, 0.3) is 0 Å². The summed E-state index contributed by atoms with van der Waals surface area (Å²) in [6.45, 7) is 4.36. The molecule has 0 aliphatic carbocycles. The van der Waals surface area contributed by atoms with Crippen molar-refractivity contribution in [3.63, 3.8) is 0 Å². The lowest BCUT2D eigenvalue weighted by Crippen LogP contribution is -2.50. The lowest BCUT2D eigenvalue weighted by atomic mass is 10.1. The highest BCUT2D eigenvalue weighted by Crippen LogP contribution is 2.22. The van der Waals surface area contributed by atoms with Gasteiger partial charge in [0.1, 0.15) is 0 Å². The molecule has 19 heavy (non-hydrogen) atoms.